The first-order valence-electron chi connectivity index (χ1n) is 7.16. The molecule has 0 bridgehead atoms. The minimum Gasteiger partial charge on any atom is -0.377 e. The lowest BCUT2D eigenvalue weighted by molar-refractivity contribution is 0.0996. The summed E-state index contributed by atoms with van der Waals surface area (Å²) in [6, 6.07) is 11.2. The summed E-state index contributed by atoms with van der Waals surface area (Å²) in [4.78, 5) is 22.9. The van der Waals surface area contributed by atoms with Crippen LogP contribution in [-0.2, 0) is 6.54 Å². The van der Waals surface area contributed by atoms with Crippen LogP contribution in [0.1, 0.15) is 16.2 Å². The normalized spacial score (nSPS) is 10.4. The van der Waals surface area contributed by atoms with E-state index in [-0.39, 0.29) is 5.69 Å². The topological polar surface area (TPSA) is 109 Å². The van der Waals surface area contributed by atoms with E-state index < -0.39 is 5.91 Å². The fourth-order valence-corrected chi connectivity index (χ4v) is 2.38. The number of halogens is 1. The molecule has 0 aliphatic heterocycles. The number of rotatable bonds is 6. The molecule has 2 heterocycles. The number of hydrogen-bond acceptors (Lipinski definition) is 5. The van der Waals surface area contributed by atoms with Crippen molar-refractivity contribution >= 4 is 39.0 Å². The van der Waals surface area contributed by atoms with Crippen LogP contribution >= 0.6 is 15.9 Å². The third-order valence-corrected chi connectivity index (χ3v) is 3.80. The van der Waals surface area contributed by atoms with Gasteiger partial charge in [-0.15, -0.1) is 0 Å². The summed E-state index contributed by atoms with van der Waals surface area (Å²) >= 11 is 3.38. The number of nitrogens with one attached hydrogen (secondary N) is 3. The van der Waals surface area contributed by atoms with E-state index in [0.717, 1.165) is 15.9 Å². The number of aromatic nitrogens is 3. The molecule has 1 aromatic carbocycles. The molecule has 7 nitrogen and oxygen atoms in total. The van der Waals surface area contributed by atoms with E-state index in [1.54, 1.807) is 24.7 Å². The van der Waals surface area contributed by atoms with E-state index >= 15 is 0 Å². The Labute approximate surface area is 146 Å². The van der Waals surface area contributed by atoms with Crippen molar-refractivity contribution in [3.8, 4) is 0 Å². The predicted molar refractivity (Wildman–Crippen MR) is 96.1 cm³/mol. The van der Waals surface area contributed by atoms with Crippen LogP contribution in [0.25, 0.3) is 0 Å². The fraction of sp³-hybridized carbons (Fsp3) is 0.0625. The Morgan fingerprint density at radius 1 is 1.21 bits per heavy atom. The van der Waals surface area contributed by atoms with E-state index in [1.165, 1.54) is 0 Å². The number of pyridine rings is 1. The lowest BCUT2D eigenvalue weighted by Crippen LogP contribution is -2.17. The molecular formula is C16H15BrN6O. The number of benzene rings is 1. The van der Waals surface area contributed by atoms with E-state index in [1.807, 2.05) is 24.3 Å². The minimum absolute atomic E-state index is 0.177. The molecule has 122 valence electrons. The summed E-state index contributed by atoms with van der Waals surface area (Å²) in [6.07, 6.45) is 3.29. The SMILES string of the molecule is NC(=O)c1nc(Nc2ccc(Br)cc2)ccc1NCc1cnc[nH]1. The number of anilines is 3. The van der Waals surface area contributed by atoms with Crippen molar-refractivity contribution in [3.63, 3.8) is 0 Å². The molecule has 0 saturated carbocycles. The zero-order chi connectivity index (χ0) is 16.9. The summed E-state index contributed by atoms with van der Waals surface area (Å²) in [5, 5.41) is 6.27. The molecule has 0 unspecified atom stereocenters. The van der Waals surface area contributed by atoms with Crippen molar-refractivity contribution in [2.45, 2.75) is 6.54 Å². The third kappa shape index (κ3) is 3.90. The van der Waals surface area contributed by atoms with Gasteiger partial charge >= 0.3 is 0 Å². The van der Waals surface area contributed by atoms with Crippen molar-refractivity contribution in [3.05, 3.63) is 64.8 Å². The minimum atomic E-state index is -0.596. The number of nitrogens with zero attached hydrogens (tertiary/aromatic N) is 2. The van der Waals surface area contributed by atoms with Gasteiger partial charge in [0, 0.05) is 16.4 Å². The number of H-pyrrole nitrogens is 1. The highest BCUT2D eigenvalue weighted by Crippen LogP contribution is 2.21. The van der Waals surface area contributed by atoms with Crippen LogP contribution in [0.15, 0.2) is 53.4 Å². The number of hydrogen-bond donors (Lipinski definition) is 4. The second-order valence-corrected chi connectivity index (χ2v) is 5.93. The number of amides is 1. The maximum atomic E-state index is 11.7. The van der Waals surface area contributed by atoms with Gasteiger partial charge in [-0.05, 0) is 36.4 Å². The molecular weight excluding hydrogens is 372 g/mol. The second kappa shape index (κ2) is 7.14. The molecule has 0 fully saturated rings. The lowest BCUT2D eigenvalue weighted by atomic mass is 10.2. The van der Waals surface area contributed by atoms with Gasteiger partial charge < -0.3 is 21.4 Å². The standard InChI is InChI=1S/C16H15BrN6O/c17-10-1-3-11(4-2-10)22-14-6-5-13(15(23-14)16(18)24)20-8-12-7-19-9-21-12/h1-7,9,20H,8H2,(H2,18,24)(H,19,21)(H,22,23). The Morgan fingerprint density at radius 2 is 2.00 bits per heavy atom. The van der Waals surface area contributed by atoms with Crippen molar-refractivity contribution in [2.24, 2.45) is 5.73 Å². The van der Waals surface area contributed by atoms with E-state index in [2.05, 4.69) is 41.5 Å². The molecule has 0 aliphatic rings. The van der Waals surface area contributed by atoms with Gasteiger partial charge in [0.15, 0.2) is 5.69 Å². The van der Waals surface area contributed by atoms with E-state index in [9.17, 15) is 4.79 Å². The molecule has 24 heavy (non-hydrogen) atoms. The van der Waals surface area contributed by atoms with Crippen molar-refractivity contribution < 1.29 is 4.79 Å². The summed E-state index contributed by atoms with van der Waals surface area (Å²) in [5.41, 5.74) is 7.95. The van der Waals surface area contributed by atoms with Crippen LogP contribution in [0.5, 0.6) is 0 Å². The van der Waals surface area contributed by atoms with Crippen LogP contribution < -0.4 is 16.4 Å². The van der Waals surface area contributed by atoms with Gasteiger partial charge in [0.1, 0.15) is 5.82 Å². The highest BCUT2D eigenvalue weighted by atomic mass is 79.9. The Bertz CT molecular complexity index is 832. The van der Waals surface area contributed by atoms with E-state index in [0.29, 0.717) is 18.1 Å². The summed E-state index contributed by atoms with van der Waals surface area (Å²) in [5.74, 6) is -0.0558. The molecule has 3 aromatic rings. The molecule has 2 aromatic heterocycles. The molecule has 0 atom stereocenters. The lowest BCUT2D eigenvalue weighted by Gasteiger charge is -2.11. The first kappa shape index (κ1) is 16.0. The third-order valence-electron chi connectivity index (χ3n) is 3.27. The first-order chi connectivity index (χ1) is 11.6. The Kier molecular flexibility index (Phi) is 4.76. The Balaban J connectivity index is 1.78. The van der Waals surface area contributed by atoms with Crippen molar-refractivity contribution in [1.82, 2.24) is 15.0 Å². The molecule has 0 aliphatic carbocycles. The summed E-state index contributed by atoms with van der Waals surface area (Å²) in [7, 11) is 0. The zero-order valence-corrected chi connectivity index (χ0v) is 14.2. The second-order valence-electron chi connectivity index (χ2n) is 5.02. The number of primary amides is 1. The van der Waals surface area contributed by atoms with Gasteiger partial charge in [-0.2, -0.15) is 0 Å². The maximum Gasteiger partial charge on any atom is 0.269 e. The average Bonchev–Trinajstić information content (AvgIpc) is 3.09. The number of carbonyl (C=O) groups is 1. The van der Waals surface area contributed by atoms with Crippen molar-refractivity contribution in [2.75, 3.05) is 10.6 Å². The van der Waals surface area contributed by atoms with E-state index in [4.69, 9.17) is 5.73 Å². The fourth-order valence-electron chi connectivity index (χ4n) is 2.11. The predicted octanol–water partition coefficient (Wildman–Crippen LogP) is 3.02. The molecule has 0 saturated heterocycles. The van der Waals surface area contributed by atoms with Gasteiger partial charge in [-0.25, -0.2) is 9.97 Å². The monoisotopic (exact) mass is 386 g/mol. The molecule has 5 N–H and O–H groups in total. The van der Waals surface area contributed by atoms with Crippen LogP contribution in [0.3, 0.4) is 0 Å². The Hall–Kier alpha value is -2.87. The highest BCUT2D eigenvalue weighted by molar-refractivity contribution is 9.10. The molecule has 8 heteroatoms. The number of imidazole rings is 1. The summed E-state index contributed by atoms with van der Waals surface area (Å²) in [6.45, 7) is 0.488. The smallest absolute Gasteiger partial charge is 0.269 e. The van der Waals surface area contributed by atoms with Crippen LogP contribution in [0.4, 0.5) is 17.2 Å². The highest BCUT2D eigenvalue weighted by Gasteiger charge is 2.11. The van der Waals surface area contributed by atoms with Crippen molar-refractivity contribution in [1.29, 1.82) is 0 Å². The van der Waals surface area contributed by atoms with Gasteiger partial charge in [-0.3, -0.25) is 4.79 Å². The van der Waals surface area contributed by atoms with Gasteiger partial charge in [0.25, 0.3) is 5.91 Å². The quantitative estimate of drug-likeness (QED) is 0.520. The Morgan fingerprint density at radius 3 is 2.67 bits per heavy atom. The summed E-state index contributed by atoms with van der Waals surface area (Å²) < 4.78 is 0.984. The van der Waals surface area contributed by atoms with Gasteiger partial charge in [0.2, 0.25) is 0 Å². The molecule has 1 amide bonds. The van der Waals surface area contributed by atoms with Gasteiger partial charge in [0.05, 0.1) is 24.3 Å². The largest absolute Gasteiger partial charge is 0.377 e. The van der Waals surface area contributed by atoms with Gasteiger partial charge in [-0.1, -0.05) is 15.9 Å². The zero-order valence-electron chi connectivity index (χ0n) is 12.6. The first-order valence-corrected chi connectivity index (χ1v) is 7.95. The molecule has 0 spiro atoms. The molecule has 3 rings (SSSR count). The van der Waals surface area contributed by atoms with Crippen LogP contribution in [-0.4, -0.2) is 20.9 Å². The van der Waals surface area contributed by atoms with Crippen LogP contribution in [0, 0.1) is 0 Å². The average molecular weight is 387 g/mol. The number of nitrogens with two attached hydrogens (primary N) is 1. The maximum absolute atomic E-state index is 11.7. The molecule has 0 radical (unpaired) electrons. The number of aromatic amines is 1. The number of carbonyl (C=O) groups excluding carboxylic acids is 1. The van der Waals surface area contributed by atoms with Crippen LogP contribution in [0.2, 0.25) is 0 Å².